The van der Waals surface area contributed by atoms with Crippen LogP contribution in [0.25, 0.3) is 10.8 Å². The molecule has 67 heavy (non-hydrogen) atoms. The van der Waals surface area contributed by atoms with Crippen molar-refractivity contribution in [3.63, 3.8) is 0 Å². The number of aliphatic hydroxyl groups is 2. The van der Waals surface area contributed by atoms with Crippen LogP contribution < -0.4 is 9.47 Å². The molecule has 1 amide bonds. The van der Waals surface area contributed by atoms with Crippen molar-refractivity contribution < 1.29 is 38.9 Å². The van der Waals surface area contributed by atoms with Crippen LogP contribution in [0.15, 0.2) is 114 Å². The quantitative estimate of drug-likeness (QED) is 0.0366. The Bertz CT molecular complexity index is 2410. The van der Waals surface area contributed by atoms with Gasteiger partial charge < -0.3 is 34.2 Å². The van der Waals surface area contributed by atoms with E-state index in [1.165, 1.54) is 12.8 Å². The molecule has 2 saturated carbocycles. The number of benzene rings is 4. The summed E-state index contributed by atoms with van der Waals surface area (Å²) < 4.78 is 21.4. The molecule has 1 heterocycles. The Morgan fingerprint density at radius 3 is 2.42 bits per heavy atom. The summed E-state index contributed by atoms with van der Waals surface area (Å²) >= 11 is 0. The molecule has 3 aliphatic carbocycles. The van der Waals surface area contributed by atoms with Crippen molar-refractivity contribution in [2.45, 2.75) is 134 Å². The molecule has 4 aromatic rings. The van der Waals surface area contributed by atoms with Crippen LogP contribution in [0.3, 0.4) is 0 Å². The van der Waals surface area contributed by atoms with Gasteiger partial charge in [0.05, 0.1) is 18.2 Å². The number of allylic oxidation sites excluding steroid dienone is 1. The maximum atomic E-state index is 15.5. The Morgan fingerprint density at radius 2 is 1.66 bits per heavy atom. The number of carbonyl (C=O) groups excluding carboxylic acids is 2. The first-order valence-corrected chi connectivity index (χ1v) is 24.8. The van der Waals surface area contributed by atoms with Gasteiger partial charge in [0, 0.05) is 49.6 Å². The van der Waals surface area contributed by atoms with Crippen molar-refractivity contribution >= 4 is 28.7 Å². The third-order valence-corrected chi connectivity index (χ3v) is 14.5. The van der Waals surface area contributed by atoms with Crippen molar-refractivity contribution in [2.75, 3.05) is 19.8 Å². The molecule has 2 fully saturated rings. The second-order valence-electron chi connectivity index (χ2n) is 20.1. The van der Waals surface area contributed by atoms with Gasteiger partial charge in [-0.2, -0.15) is 0 Å². The van der Waals surface area contributed by atoms with Gasteiger partial charge in [-0.05, 0) is 123 Å². The molecule has 0 saturated heterocycles. The predicted octanol–water partition coefficient (Wildman–Crippen LogP) is 11.9. The van der Waals surface area contributed by atoms with E-state index in [4.69, 9.17) is 24.2 Å². The van der Waals surface area contributed by atoms with Crippen LogP contribution in [-0.4, -0.2) is 70.3 Å². The second-order valence-corrected chi connectivity index (χ2v) is 20.1. The van der Waals surface area contributed by atoms with E-state index in [1.54, 1.807) is 24.3 Å². The lowest BCUT2D eigenvalue weighted by Gasteiger charge is -2.60. The van der Waals surface area contributed by atoms with Crippen molar-refractivity contribution in [3.8, 4) is 17.2 Å². The number of hydrogen-bond acceptors (Lipinski definition) is 9. The lowest BCUT2D eigenvalue weighted by molar-refractivity contribution is -0.258. The van der Waals surface area contributed by atoms with E-state index in [0.29, 0.717) is 61.0 Å². The summed E-state index contributed by atoms with van der Waals surface area (Å²) in [5.74, 6) is 0.440. The first kappa shape index (κ1) is 48.2. The van der Waals surface area contributed by atoms with Crippen molar-refractivity contribution in [3.05, 3.63) is 126 Å². The molecule has 2 N–H and O–H groups in total. The van der Waals surface area contributed by atoms with Gasteiger partial charge in [-0.3, -0.25) is 9.59 Å². The molecule has 0 unspecified atom stereocenters. The molecule has 1 aliphatic heterocycles. The van der Waals surface area contributed by atoms with Crippen LogP contribution in [0.4, 0.5) is 0 Å². The zero-order chi connectivity index (χ0) is 47.0. The highest BCUT2D eigenvalue weighted by Crippen LogP contribution is 2.62. The van der Waals surface area contributed by atoms with E-state index in [2.05, 4.69) is 60.0 Å². The third-order valence-electron chi connectivity index (χ3n) is 14.5. The van der Waals surface area contributed by atoms with Gasteiger partial charge in [0.15, 0.2) is 0 Å². The molecule has 0 bridgehead atoms. The zero-order valence-electron chi connectivity index (χ0n) is 39.7. The van der Waals surface area contributed by atoms with E-state index >= 15 is 4.79 Å². The maximum absolute atomic E-state index is 15.5. The molecule has 6 atom stereocenters. The lowest BCUT2D eigenvalue weighted by Crippen LogP contribution is -2.70. The van der Waals surface area contributed by atoms with Gasteiger partial charge in [0.2, 0.25) is 11.7 Å². The molecule has 10 nitrogen and oxygen atoms in total. The summed E-state index contributed by atoms with van der Waals surface area (Å²) in [4.78, 5) is 35.7. The summed E-state index contributed by atoms with van der Waals surface area (Å²) in [6, 6.07) is 27.1. The Hall–Kier alpha value is -5.29. The van der Waals surface area contributed by atoms with Gasteiger partial charge in [0.1, 0.15) is 35.2 Å². The van der Waals surface area contributed by atoms with Gasteiger partial charge >= 0.3 is 0 Å². The molecular formula is C57H70N2O8. The third kappa shape index (κ3) is 10.9. The predicted molar refractivity (Wildman–Crippen MR) is 263 cm³/mol. The normalized spacial score (nSPS) is 24.0. The molecule has 4 aliphatic rings. The minimum absolute atomic E-state index is 0.0510. The topological polar surface area (TPSA) is 127 Å². The van der Waals surface area contributed by atoms with Crippen LogP contribution in [0.2, 0.25) is 0 Å². The SMILES string of the molecule is C=CCO[C@@]12Oc3ccc(Oc4cccc(C=O)c4)cc3[C@H]3[C@H](CCCCO)[C@@H](CCCCO)C=C(C(=NOC(C)(C)C)C[C@@H]1N(Cc1cccc4ccccc14)C(=O)CCC1CCCC1)[C@H]32. The van der Waals surface area contributed by atoms with Crippen LogP contribution in [0.5, 0.6) is 17.2 Å². The first-order valence-electron chi connectivity index (χ1n) is 24.8. The fourth-order valence-electron chi connectivity index (χ4n) is 11.4. The highest BCUT2D eigenvalue weighted by molar-refractivity contribution is 6.03. The second kappa shape index (κ2) is 21.8. The molecule has 0 spiro atoms. The number of aliphatic hydroxyl groups excluding tert-OH is 2. The number of amides is 1. The van der Waals surface area contributed by atoms with E-state index in [0.717, 1.165) is 84.4 Å². The number of hydrogen-bond donors (Lipinski definition) is 2. The number of carbonyl (C=O) groups is 2. The largest absolute Gasteiger partial charge is 0.459 e. The minimum atomic E-state index is -1.39. The monoisotopic (exact) mass is 911 g/mol. The van der Waals surface area contributed by atoms with Crippen molar-refractivity contribution in [1.82, 2.24) is 4.90 Å². The number of fused-ring (bicyclic) bond motifs is 3. The van der Waals surface area contributed by atoms with E-state index in [-0.39, 0.29) is 43.5 Å². The van der Waals surface area contributed by atoms with Gasteiger partial charge in [0.25, 0.3) is 0 Å². The van der Waals surface area contributed by atoms with E-state index in [9.17, 15) is 15.0 Å². The molecule has 0 aromatic heterocycles. The highest BCUT2D eigenvalue weighted by atomic mass is 16.7. The fraction of sp³-hybridized carbons (Fsp3) is 0.491. The standard InChI is InChI=1S/C57H70N2O8/c1-5-32-64-57-52(59(53(63)29-26-39-16-6-7-17-39)37-43-22-15-21-41-19-8-9-24-46(41)43)36-50(58-67-56(2,3)4)48-34-42(20-10-12-30-60)47(25-11-13-31-61)54(55(48)57)49-35-45(27-28-51(49)66-57)65-44-23-14-18-40(33-44)38-62/h5,8-9,14-15,18-19,21-24,27-28,33-35,38-39,42,47,52,54-55,60-61H,1,6-7,10-13,16-17,20,25-26,29-32,36-37H2,2-4H3/t42-,47+,52-,54+,55+,57+/m0/s1. The maximum Gasteiger partial charge on any atom is 0.239 e. The Labute approximate surface area is 397 Å². The summed E-state index contributed by atoms with van der Waals surface area (Å²) in [6.45, 7) is 10.8. The van der Waals surface area contributed by atoms with Crippen LogP contribution in [-0.2, 0) is 20.9 Å². The van der Waals surface area contributed by atoms with E-state index in [1.807, 2.05) is 45.0 Å². The van der Waals surface area contributed by atoms with Crippen LogP contribution >= 0.6 is 0 Å². The molecule has 8 rings (SSSR count). The average molecular weight is 911 g/mol. The minimum Gasteiger partial charge on any atom is -0.459 e. The molecule has 10 heteroatoms. The fourth-order valence-corrected chi connectivity index (χ4v) is 11.4. The number of aldehydes is 1. The van der Waals surface area contributed by atoms with Gasteiger partial charge in [-0.15, -0.1) is 6.58 Å². The highest BCUT2D eigenvalue weighted by Gasteiger charge is 2.65. The van der Waals surface area contributed by atoms with Crippen LogP contribution in [0.1, 0.15) is 132 Å². The van der Waals surface area contributed by atoms with Gasteiger partial charge in [-0.1, -0.05) is 110 Å². The smallest absolute Gasteiger partial charge is 0.239 e. The summed E-state index contributed by atoms with van der Waals surface area (Å²) in [5.41, 5.74) is 3.68. The number of oxime groups is 1. The number of nitrogens with zero attached hydrogens (tertiary/aromatic N) is 2. The molecule has 356 valence electrons. The Balaban J connectivity index is 1.35. The summed E-state index contributed by atoms with van der Waals surface area (Å²) in [6.07, 6.45) is 15.9. The molecule has 4 aromatic carbocycles. The van der Waals surface area contributed by atoms with E-state index < -0.39 is 23.3 Å². The Kier molecular flexibility index (Phi) is 15.7. The molecular weight excluding hydrogens is 841 g/mol. The number of unbranched alkanes of at least 4 members (excludes halogenated alkanes) is 2. The number of rotatable bonds is 21. The summed E-state index contributed by atoms with van der Waals surface area (Å²) in [5, 5.41) is 27.4. The first-order chi connectivity index (χ1) is 32.5. The Morgan fingerprint density at radius 1 is 0.910 bits per heavy atom. The lowest BCUT2D eigenvalue weighted by atomic mass is 9.55. The number of ether oxygens (including phenoxy) is 3. The zero-order valence-corrected chi connectivity index (χ0v) is 39.7. The van der Waals surface area contributed by atoms with Gasteiger partial charge in [-0.25, -0.2) is 0 Å². The van der Waals surface area contributed by atoms with Crippen molar-refractivity contribution in [2.24, 2.45) is 28.8 Å². The van der Waals surface area contributed by atoms with Crippen LogP contribution in [0, 0.1) is 23.7 Å². The molecule has 0 radical (unpaired) electrons. The van der Waals surface area contributed by atoms with Crippen molar-refractivity contribution in [1.29, 1.82) is 0 Å². The average Bonchev–Trinajstić information content (AvgIpc) is 3.86. The summed E-state index contributed by atoms with van der Waals surface area (Å²) in [7, 11) is 0.